The monoisotopic (exact) mass is 344 g/mol. The van der Waals surface area contributed by atoms with E-state index in [1.807, 2.05) is 24.3 Å². The van der Waals surface area contributed by atoms with Crippen LogP contribution in [0.25, 0.3) is 10.9 Å². The summed E-state index contributed by atoms with van der Waals surface area (Å²) >= 11 is 0. The van der Waals surface area contributed by atoms with E-state index in [1.54, 1.807) is 0 Å². The number of nitrogens with zero attached hydrogens (tertiary/aromatic N) is 1. The van der Waals surface area contributed by atoms with Gasteiger partial charge in [0.25, 0.3) is 5.91 Å². The number of nitrogens with one attached hydrogen (secondary N) is 1. The molecule has 2 heterocycles. The quantitative estimate of drug-likeness (QED) is 0.904. The Hall–Kier alpha value is -1.95. The van der Waals surface area contributed by atoms with Crippen molar-refractivity contribution in [1.82, 2.24) is 10.3 Å². The number of aryl methyl sites for hydroxylation is 1. The molecule has 0 unspecified atom stereocenters. The second kappa shape index (κ2) is 5.84. The lowest BCUT2D eigenvalue weighted by atomic mass is 9.89. The Bertz CT molecular complexity index is 921. The number of sulfone groups is 1. The summed E-state index contributed by atoms with van der Waals surface area (Å²) in [6, 6.07) is 7.42. The maximum absolute atomic E-state index is 13.0. The molecule has 0 bridgehead atoms. The van der Waals surface area contributed by atoms with Gasteiger partial charge in [0.15, 0.2) is 9.84 Å². The van der Waals surface area contributed by atoms with Gasteiger partial charge < -0.3 is 5.32 Å². The number of hydrogen-bond acceptors (Lipinski definition) is 4. The predicted molar refractivity (Wildman–Crippen MR) is 92.9 cm³/mol. The molecule has 1 atom stereocenters. The molecule has 1 aromatic carbocycles. The van der Waals surface area contributed by atoms with Crippen molar-refractivity contribution in [2.75, 3.05) is 11.5 Å². The van der Waals surface area contributed by atoms with Crippen LogP contribution < -0.4 is 5.32 Å². The van der Waals surface area contributed by atoms with Crippen molar-refractivity contribution in [2.45, 2.75) is 38.1 Å². The van der Waals surface area contributed by atoms with Gasteiger partial charge in [-0.1, -0.05) is 18.2 Å². The first kappa shape index (κ1) is 15.6. The molecule has 5 nitrogen and oxygen atoms in total. The van der Waals surface area contributed by atoms with Crippen LogP contribution in [0.5, 0.6) is 0 Å². The molecular weight excluding hydrogens is 324 g/mol. The second-order valence-electron chi connectivity index (χ2n) is 6.71. The Kier molecular flexibility index (Phi) is 3.79. The molecule has 0 saturated carbocycles. The average molecular weight is 344 g/mol. The maximum Gasteiger partial charge on any atom is 0.252 e. The molecule has 4 rings (SSSR count). The van der Waals surface area contributed by atoms with Gasteiger partial charge in [-0.25, -0.2) is 8.42 Å². The smallest absolute Gasteiger partial charge is 0.252 e. The summed E-state index contributed by atoms with van der Waals surface area (Å²) in [5.41, 5.74) is 3.59. The lowest BCUT2D eigenvalue weighted by molar-refractivity contribution is 0.0941. The molecule has 1 aliphatic heterocycles. The number of hydrogen-bond donors (Lipinski definition) is 1. The van der Waals surface area contributed by atoms with Gasteiger partial charge in [0.1, 0.15) is 0 Å². The first-order valence-electron chi connectivity index (χ1n) is 8.45. The van der Waals surface area contributed by atoms with E-state index in [0.29, 0.717) is 12.0 Å². The summed E-state index contributed by atoms with van der Waals surface area (Å²) in [5.74, 6) is 0.0470. The fraction of sp³-hybridized carbons (Fsp3) is 0.444. The first-order chi connectivity index (χ1) is 11.5. The van der Waals surface area contributed by atoms with Crippen molar-refractivity contribution in [3.05, 3.63) is 41.1 Å². The van der Waals surface area contributed by atoms with E-state index >= 15 is 0 Å². The van der Waals surface area contributed by atoms with Crippen LogP contribution in [0.1, 0.15) is 40.9 Å². The molecule has 2 aromatic rings. The number of carbonyl (C=O) groups is 1. The van der Waals surface area contributed by atoms with Crippen molar-refractivity contribution in [3.63, 3.8) is 0 Å². The number of benzene rings is 1. The van der Waals surface area contributed by atoms with Gasteiger partial charge >= 0.3 is 0 Å². The molecule has 0 spiro atoms. The highest BCUT2D eigenvalue weighted by atomic mass is 32.2. The minimum absolute atomic E-state index is 0.0456. The third-order valence-corrected chi connectivity index (χ3v) is 6.73. The van der Waals surface area contributed by atoms with Gasteiger partial charge in [0, 0.05) is 17.1 Å². The van der Waals surface area contributed by atoms with E-state index < -0.39 is 9.84 Å². The van der Waals surface area contributed by atoms with Crippen molar-refractivity contribution < 1.29 is 13.2 Å². The predicted octanol–water partition coefficient (Wildman–Crippen LogP) is 2.03. The normalized spacial score (nSPS) is 22.2. The van der Waals surface area contributed by atoms with E-state index in [9.17, 15) is 13.2 Å². The van der Waals surface area contributed by atoms with E-state index in [2.05, 4.69) is 5.32 Å². The van der Waals surface area contributed by atoms with E-state index in [4.69, 9.17) is 4.98 Å². The van der Waals surface area contributed by atoms with Gasteiger partial charge in [-0.15, -0.1) is 0 Å². The number of fused-ring (bicyclic) bond motifs is 2. The Morgan fingerprint density at radius 2 is 1.96 bits per heavy atom. The molecule has 0 radical (unpaired) electrons. The summed E-state index contributed by atoms with van der Waals surface area (Å²) in [5, 5.41) is 3.81. The molecular formula is C18H20N2O3S. The van der Waals surface area contributed by atoms with Crippen LogP contribution in [0, 0.1) is 0 Å². The second-order valence-corrected chi connectivity index (χ2v) is 8.94. The van der Waals surface area contributed by atoms with Crippen molar-refractivity contribution in [1.29, 1.82) is 0 Å². The minimum atomic E-state index is -3.01. The van der Waals surface area contributed by atoms with E-state index in [0.717, 1.165) is 47.8 Å². The molecule has 126 valence electrons. The van der Waals surface area contributed by atoms with Gasteiger partial charge in [0.2, 0.25) is 0 Å². The Morgan fingerprint density at radius 1 is 1.17 bits per heavy atom. The number of aromatic nitrogens is 1. The number of rotatable bonds is 2. The summed E-state index contributed by atoms with van der Waals surface area (Å²) < 4.78 is 23.3. The fourth-order valence-electron chi connectivity index (χ4n) is 3.80. The van der Waals surface area contributed by atoms with Crippen LogP contribution in [0.4, 0.5) is 0 Å². The third-order valence-electron chi connectivity index (χ3n) is 4.96. The summed E-state index contributed by atoms with van der Waals surface area (Å²) in [4.78, 5) is 17.7. The van der Waals surface area contributed by atoms with Crippen LogP contribution in [-0.2, 0) is 22.7 Å². The van der Waals surface area contributed by atoms with Crippen LogP contribution in [0.2, 0.25) is 0 Å². The third kappa shape index (κ3) is 2.79. The van der Waals surface area contributed by atoms with E-state index in [1.165, 1.54) is 0 Å². The fourth-order valence-corrected chi connectivity index (χ4v) is 5.47. The molecule has 1 amide bonds. The highest BCUT2D eigenvalue weighted by molar-refractivity contribution is 7.91. The zero-order chi connectivity index (χ0) is 16.7. The highest BCUT2D eigenvalue weighted by Gasteiger charge is 2.30. The van der Waals surface area contributed by atoms with Gasteiger partial charge in [0.05, 0.1) is 22.6 Å². The topological polar surface area (TPSA) is 76.1 Å². The molecule has 1 aliphatic carbocycles. The van der Waals surface area contributed by atoms with Crippen molar-refractivity contribution in [2.24, 2.45) is 0 Å². The van der Waals surface area contributed by atoms with Crippen LogP contribution in [0.15, 0.2) is 24.3 Å². The number of para-hydroxylation sites is 1. The standard InChI is InChI=1S/C18H20N2O3S/c21-18(19-12-9-10-24(22,23)11-12)17-13-5-1-3-7-15(13)20-16-8-4-2-6-14(16)17/h1,3,5,7,12H,2,4,6,8-11H2,(H,19,21)/t12-/m0/s1. The lowest BCUT2D eigenvalue weighted by Crippen LogP contribution is -2.36. The number of pyridine rings is 1. The average Bonchev–Trinajstić information content (AvgIpc) is 2.91. The van der Waals surface area contributed by atoms with Gasteiger partial charge in [-0.2, -0.15) is 0 Å². The largest absolute Gasteiger partial charge is 0.348 e. The minimum Gasteiger partial charge on any atom is -0.348 e. The van der Waals surface area contributed by atoms with Crippen molar-refractivity contribution >= 4 is 26.6 Å². The van der Waals surface area contributed by atoms with Gasteiger partial charge in [-0.05, 0) is 43.7 Å². The molecule has 24 heavy (non-hydrogen) atoms. The summed E-state index contributed by atoms with van der Waals surface area (Å²) in [6.07, 6.45) is 4.42. The molecule has 2 aliphatic rings. The SMILES string of the molecule is O=C(N[C@H]1CCS(=O)(=O)C1)c1c2c(nc3ccccc13)CCCC2. The number of amides is 1. The summed E-state index contributed by atoms with van der Waals surface area (Å²) in [6.45, 7) is 0. The molecule has 1 saturated heterocycles. The Balaban J connectivity index is 1.76. The highest BCUT2D eigenvalue weighted by Crippen LogP contribution is 2.29. The molecule has 1 aromatic heterocycles. The summed E-state index contributed by atoms with van der Waals surface area (Å²) in [7, 11) is -3.01. The van der Waals surface area contributed by atoms with E-state index in [-0.39, 0.29) is 23.5 Å². The zero-order valence-electron chi connectivity index (χ0n) is 13.4. The number of carbonyl (C=O) groups excluding carboxylic acids is 1. The maximum atomic E-state index is 13.0. The molecule has 1 fully saturated rings. The van der Waals surface area contributed by atoms with Crippen LogP contribution >= 0.6 is 0 Å². The molecule has 1 N–H and O–H groups in total. The Labute approximate surface area is 141 Å². The Morgan fingerprint density at radius 3 is 2.75 bits per heavy atom. The lowest BCUT2D eigenvalue weighted by Gasteiger charge is -2.21. The van der Waals surface area contributed by atoms with Crippen molar-refractivity contribution in [3.8, 4) is 0 Å². The molecule has 6 heteroatoms. The van der Waals surface area contributed by atoms with Crippen LogP contribution in [0.3, 0.4) is 0 Å². The first-order valence-corrected chi connectivity index (χ1v) is 10.3. The van der Waals surface area contributed by atoms with Gasteiger partial charge in [-0.3, -0.25) is 9.78 Å². The zero-order valence-corrected chi connectivity index (χ0v) is 14.2. The van der Waals surface area contributed by atoms with Crippen LogP contribution in [-0.4, -0.2) is 36.9 Å².